The maximum Gasteiger partial charge on any atom is 0.191 e. The third kappa shape index (κ3) is 6.47. The number of nitrogens with zero attached hydrogens (tertiary/aromatic N) is 3. The first-order chi connectivity index (χ1) is 15.4. The molecular weight excluding hydrogens is 402 g/mol. The standard InChI is InChI=1S/C25H35N5O2/c1-5-26-24(29-18-25(4,31)22-16-19(2)32-20(22)3)28-17-23-27-13-15-30(23)14-9-12-21-10-7-6-8-11-21/h6-8,10-11,13,15-16,31H,5,9,12,14,17-18H2,1-4H3,(H2,26,28,29). The van der Waals surface area contributed by atoms with Crippen LogP contribution in [-0.2, 0) is 25.1 Å². The highest BCUT2D eigenvalue weighted by Crippen LogP contribution is 2.26. The first-order valence-electron chi connectivity index (χ1n) is 11.2. The van der Waals surface area contributed by atoms with Crippen LogP contribution in [-0.4, -0.2) is 33.7 Å². The summed E-state index contributed by atoms with van der Waals surface area (Å²) in [7, 11) is 0. The fourth-order valence-corrected chi connectivity index (χ4v) is 3.80. The number of nitrogens with one attached hydrogen (secondary N) is 2. The van der Waals surface area contributed by atoms with Crippen LogP contribution in [0.5, 0.6) is 0 Å². The lowest BCUT2D eigenvalue weighted by atomic mass is 9.96. The topological polar surface area (TPSA) is 87.6 Å². The Morgan fingerprint density at radius 2 is 2.00 bits per heavy atom. The summed E-state index contributed by atoms with van der Waals surface area (Å²) in [6, 6.07) is 12.4. The van der Waals surface area contributed by atoms with Crippen molar-refractivity contribution in [2.75, 3.05) is 13.1 Å². The maximum absolute atomic E-state index is 11.0. The van der Waals surface area contributed by atoms with Gasteiger partial charge in [-0.1, -0.05) is 30.3 Å². The van der Waals surface area contributed by atoms with Crippen LogP contribution in [0, 0.1) is 13.8 Å². The number of rotatable bonds is 10. The molecule has 2 aromatic heterocycles. The molecule has 0 fully saturated rings. The minimum Gasteiger partial charge on any atom is -0.466 e. The number of aliphatic imine (C=N–C) groups is 1. The van der Waals surface area contributed by atoms with Gasteiger partial charge in [-0.25, -0.2) is 9.98 Å². The highest BCUT2D eigenvalue weighted by atomic mass is 16.3. The third-order valence-corrected chi connectivity index (χ3v) is 5.45. The van der Waals surface area contributed by atoms with Crippen molar-refractivity contribution >= 4 is 5.96 Å². The predicted octanol–water partition coefficient (Wildman–Crippen LogP) is 3.69. The zero-order valence-corrected chi connectivity index (χ0v) is 19.6. The Morgan fingerprint density at radius 3 is 2.69 bits per heavy atom. The average molecular weight is 438 g/mol. The summed E-state index contributed by atoms with van der Waals surface area (Å²) < 4.78 is 7.74. The fraction of sp³-hybridized carbons (Fsp3) is 0.440. The monoisotopic (exact) mass is 437 g/mol. The van der Waals surface area contributed by atoms with Crippen LogP contribution in [0.25, 0.3) is 0 Å². The Hall–Kier alpha value is -3.06. The summed E-state index contributed by atoms with van der Waals surface area (Å²) in [5, 5.41) is 17.5. The smallest absolute Gasteiger partial charge is 0.191 e. The van der Waals surface area contributed by atoms with E-state index >= 15 is 0 Å². The summed E-state index contributed by atoms with van der Waals surface area (Å²) in [6.45, 7) is 9.94. The molecule has 0 bridgehead atoms. The number of imidazole rings is 1. The Bertz CT molecular complexity index is 1000. The summed E-state index contributed by atoms with van der Waals surface area (Å²) >= 11 is 0. The first kappa shape index (κ1) is 23.6. The molecule has 7 heteroatoms. The van der Waals surface area contributed by atoms with Crippen LogP contribution in [0.3, 0.4) is 0 Å². The van der Waals surface area contributed by atoms with Gasteiger partial charge >= 0.3 is 0 Å². The summed E-state index contributed by atoms with van der Waals surface area (Å²) in [6.07, 6.45) is 5.91. The van der Waals surface area contributed by atoms with Crippen molar-refractivity contribution < 1.29 is 9.52 Å². The van der Waals surface area contributed by atoms with E-state index in [0.29, 0.717) is 19.0 Å². The molecule has 0 saturated heterocycles. The van der Waals surface area contributed by atoms with Crippen molar-refractivity contribution in [3.8, 4) is 0 Å². The molecule has 0 saturated carbocycles. The van der Waals surface area contributed by atoms with E-state index in [4.69, 9.17) is 4.42 Å². The molecular formula is C25H35N5O2. The van der Waals surface area contributed by atoms with Crippen LogP contribution >= 0.6 is 0 Å². The average Bonchev–Trinajstić information content (AvgIpc) is 3.36. The van der Waals surface area contributed by atoms with Crippen LogP contribution in [0.15, 0.2) is 58.2 Å². The van der Waals surface area contributed by atoms with Gasteiger partial charge in [0.15, 0.2) is 5.96 Å². The van der Waals surface area contributed by atoms with E-state index in [1.165, 1.54) is 5.56 Å². The molecule has 172 valence electrons. The molecule has 2 heterocycles. The van der Waals surface area contributed by atoms with Gasteiger partial charge in [0.25, 0.3) is 0 Å². The molecule has 3 N–H and O–H groups in total. The van der Waals surface area contributed by atoms with Crippen molar-refractivity contribution in [2.45, 2.75) is 59.2 Å². The van der Waals surface area contributed by atoms with Crippen LogP contribution in [0.2, 0.25) is 0 Å². The van der Waals surface area contributed by atoms with E-state index < -0.39 is 5.60 Å². The molecule has 7 nitrogen and oxygen atoms in total. The van der Waals surface area contributed by atoms with Gasteiger partial charge in [-0.05, 0) is 52.2 Å². The van der Waals surface area contributed by atoms with Gasteiger partial charge in [0.05, 0.1) is 6.54 Å². The number of furan rings is 1. The maximum atomic E-state index is 11.0. The fourth-order valence-electron chi connectivity index (χ4n) is 3.80. The van der Waals surface area contributed by atoms with Crippen LogP contribution in [0.1, 0.15) is 48.7 Å². The van der Waals surface area contributed by atoms with Crippen molar-refractivity contribution in [2.24, 2.45) is 4.99 Å². The predicted molar refractivity (Wildman–Crippen MR) is 128 cm³/mol. The number of hydrogen-bond acceptors (Lipinski definition) is 4. The lowest BCUT2D eigenvalue weighted by Gasteiger charge is -2.24. The van der Waals surface area contributed by atoms with E-state index in [1.54, 1.807) is 6.92 Å². The van der Waals surface area contributed by atoms with Crippen molar-refractivity contribution in [1.29, 1.82) is 0 Å². The van der Waals surface area contributed by atoms with Crippen molar-refractivity contribution in [3.05, 3.63) is 77.3 Å². The van der Waals surface area contributed by atoms with Crippen LogP contribution < -0.4 is 10.6 Å². The lowest BCUT2D eigenvalue weighted by Crippen LogP contribution is -2.44. The molecule has 0 aliphatic heterocycles. The largest absolute Gasteiger partial charge is 0.466 e. The molecule has 1 aromatic carbocycles. The quantitative estimate of drug-likeness (QED) is 0.333. The molecule has 0 aliphatic rings. The number of aryl methyl sites for hydroxylation is 4. The van der Waals surface area contributed by atoms with E-state index in [0.717, 1.165) is 48.8 Å². The highest BCUT2D eigenvalue weighted by molar-refractivity contribution is 5.79. The number of aromatic nitrogens is 2. The SMILES string of the molecule is CCNC(=NCc1nccn1CCCc1ccccc1)NCC(C)(O)c1cc(C)oc1C. The Morgan fingerprint density at radius 1 is 1.22 bits per heavy atom. The van der Waals surface area contributed by atoms with Gasteiger partial charge in [0, 0.05) is 31.0 Å². The molecule has 1 unspecified atom stereocenters. The molecule has 0 spiro atoms. The third-order valence-electron chi connectivity index (χ3n) is 5.45. The summed E-state index contributed by atoms with van der Waals surface area (Å²) in [4.78, 5) is 9.17. The molecule has 3 aromatic rings. The zero-order chi connectivity index (χ0) is 23.0. The minimum atomic E-state index is -1.08. The molecule has 3 rings (SSSR count). The second-order valence-corrected chi connectivity index (χ2v) is 8.28. The Labute approximate surface area is 190 Å². The minimum absolute atomic E-state index is 0.310. The van der Waals surface area contributed by atoms with Gasteiger partial charge in [-0.15, -0.1) is 0 Å². The van der Waals surface area contributed by atoms with E-state index in [-0.39, 0.29) is 0 Å². The molecule has 32 heavy (non-hydrogen) atoms. The number of aliphatic hydroxyl groups is 1. The van der Waals surface area contributed by atoms with Gasteiger partial charge in [0.1, 0.15) is 29.5 Å². The Kier molecular flexibility index (Phi) is 8.11. The molecule has 1 atom stereocenters. The molecule has 0 aliphatic carbocycles. The summed E-state index contributed by atoms with van der Waals surface area (Å²) in [5.74, 6) is 3.08. The first-order valence-corrected chi connectivity index (χ1v) is 11.2. The number of benzene rings is 1. The van der Waals surface area contributed by atoms with E-state index in [2.05, 4.69) is 49.4 Å². The van der Waals surface area contributed by atoms with Gasteiger partial charge in [-0.2, -0.15) is 0 Å². The van der Waals surface area contributed by atoms with Gasteiger partial charge in [-0.3, -0.25) is 0 Å². The second kappa shape index (κ2) is 11.0. The van der Waals surface area contributed by atoms with E-state index in [1.807, 2.05) is 45.3 Å². The number of hydrogen-bond donors (Lipinski definition) is 3. The normalized spacial score (nSPS) is 13.7. The second-order valence-electron chi connectivity index (χ2n) is 8.28. The molecule has 0 amide bonds. The highest BCUT2D eigenvalue weighted by Gasteiger charge is 2.27. The van der Waals surface area contributed by atoms with Crippen LogP contribution in [0.4, 0.5) is 0 Å². The van der Waals surface area contributed by atoms with Crippen molar-refractivity contribution in [3.63, 3.8) is 0 Å². The summed E-state index contributed by atoms with van der Waals surface area (Å²) in [5.41, 5.74) is 1.06. The Balaban J connectivity index is 1.58. The van der Waals surface area contributed by atoms with Crippen molar-refractivity contribution in [1.82, 2.24) is 20.2 Å². The molecule has 0 radical (unpaired) electrons. The van der Waals surface area contributed by atoms with E-state index in [9.17, 15) is 5.11 Å². The van der Waals surface area contributed by atoms with Gasteiger partial charge < -0.3 is 24.7 Å². The lowest BCUT2D eigenvalue weighted by molar-refractivity contribution is 0.0601. The van der Waals surface area contributed by atoms with Gasteiger partial charge in [0.2, 0.25) is 0 Å². The number of guanidine groups is 1. The zero-order valence-electron chi connectivity index (χ0n) is 19.6.